The molecule has 5 heteroatoms. The molecule has 0 aromatic heterocycles. The van der Waals surface area contributed by atoms with E-state index >= 15 is 0 Å². The molecule has 2 amide bonds. The highest BCUT2D eigenvalue weighted by Gasteiger charge is 2.35. The fourth-order valence-corrected chi connectivity index (χ4v) is 3.69. The fourth-order valence-electron chi connectivity index (χ4n) is 3.69. The van der Waals surface area contributed by atoms with Crippen molar-refractivity contribution in [3.63, 3.8) is 0 Å². The number of nitrogens with one attached hydrogen (secondary N) is 1. The van der Waals surface area contributed by atoms with Crippen molar-refractivity contribution in [2.75, 3.05) is 18.4 Å². The second-order valence-electron chi connectivity index (χ2n) is 7.64. The number of hydrogen-bond acceptors (Lipinski definition) is 3. The van der Waals surface area contributed by atoms with E-state index < -0.39 is 0 Å². The molecular weight excluding hydrogens is 352 g/mol. The van der Waals surface area contributed by atoms with Gasteiger partial charge in [-0.25, -0.2) is 0 Å². The normalized spacial score (nSPS) is 17.2. The van der Waals surface area contributed by atoms with Crippen LogP contribution in [0.3, 0.4) is 0 Å². The van der Waals surface area contributed by atoms with Crippen LogP contribution in [0, 0.1) is 11.8 Å². The van der Waals surface area contributed by atoms with Crippen LogP contribution in [0.5, 0.6) is 0 Å². The molecule has 0 atom stereocenters. The predicted molar refractivity (Wildman–Crippen MR) is 107 cm³/mol. The van der Waals surface area contributed by atoms with Gasteiger partial charge in [0.25, 0.3) is 0 Å². The number of benzene rings is 2. The molecule has 1 N–H and O–H groups in total. The maximum absolute atomic E-state index is 12.6. The maximum atomic E-state index is 12.6. The molecular formula is C23H24N2O3. The van der Waals surface area contributed by atoms with Crippen molar-refractivity contribution in [3.05, 3.63) is 65.7 Å². The third-order valence-electron chi connectivity index (χ3n) is 5.53. The minimum Gasteiger partial charge on any atom is -0.342 e. The van der Waals surface area contributed by atoms with Crippen molar-refractivity contribution in [2.24, 2.45) is 11.8 Å². The highest BCUT2D eigenvalue weighted by Crippen LogP contribution is 2.32. The Morgan fingerprint density at radius 2 is 1.46 bits per heavy atom. The van der Waals surface area contributed by atoms with Gasteiger partial charge in [0.05, 0.1) is 0 Å². The number of piperidine rings is 1. The third-order valence-corrected chi connectivity index (χ3v) is 5.53. The Labute approximate surface area is 164 Å². The van der Waals surface area contributed by atoms with Gasteiger partial charge in [-0.3, -0.25) is 14.4 Å². The molecule has 2 aliphatic rings. The van der Waals surface area contributed by atoms with Gasteiger partial charge in [0.1, 0.15) is 0 Å². The van der Waals surface area contributed by atoms with E-state index in [-0.39, 0.29) is 29.4 Å². The zero-order valence-electron chi connectivity index (χ0n) is 15.8. The quantitative estimate of drug-likeness (QED) is 0.812. The molecule has 5 nitrogen and oxygen atoms in total. The molecule has 0 unspecified atom stereocenters. The predicted octanol–water partition coefficient (Wildman–Crippen LogP) is 3.50. The van der Waals surface area contributed by atoms with E-state index in [9.17, 15) is 14.4 Å². The van der Waals surface area contributed by atoms with Crippen molar-refractivity contribution in [1.82, 2.24) is 4.90 Å². The Bertz CT molecular complexity index is 882. The average Bonchev–Trinajstić information content (AvgIpc) is 3.59. The van der Waals surface area contributed by atoms with Crippen LogP contribution < -0.4 is 5.32 Å². The summed E-state index contributed by atoms with van der Waals surface area (Å²) in [5.41, 5.74) is 1.80. The number of carbonyl (C=O) groups is 3. The zero-order chi connectivity index (χ0) is 19.5. The molecule has 0 bridgehead atoms. The lowest BCUT2D eigenvalue weighted by molar-refractivity contribution is -0.135. The number of rotatable bonds is 5. The molecule has 144 valence electrons. The zero-order valence-corrected chi connectivity index (χ0v) is 15.8. The largest absolute Gasteiger partial charge is 0.342 e. The van der Waals surface area contributed by atoms with Gasteiger partial charge in [-0.2, -0.15) is 0 Å². The summed E-state index contributed by atoms with van der Waals surface area (Å²) in [5, 5.41) is 2.94. The minimum absolute atomic E-state index is 0.0390. The first-order valence-corrected chi connectivity index (χ1v) is 9.91. The summed E-state index contributed by atoms with van der Waals surface area (Å²) in [6.45, 7) is 1.31. The van der Waals surface area contributed by atoms with Crippen LogP contribution in [0.1, 0.15) is 41.6 Å². The monoisotopic (exact) mass is 376 g/mol. The van der Waals surface area contributed by atoms with Gasteiger partial charge in [-0.05, 0) is 37.8 Å². The average molecular weight is 376 g/mol. The summed E-state index contributed by atoms with van der Waals surface area (Å²) in [7, 11) is 0. The highest BCUT2D eigenvalue weighted by atomic mass is 16.2. The van der Waals surface area contributed by atoms with Gasteiger partial charge in [-0.15, -0.1) is 0 Å². The summed E-state index contributed by atoms with van der Waals surface area (Å²) in [6, 6.07) is 16.2. The molecule has 1 saturated heterocycles. The van der Waals surface area contributed by atoms with Crippen LogP contribution in [0.4, 0.5) is 5.69 Å². The van der Waals surface area contributed by atoms with Gasteiger partial charge < -0.3 is 10.2 Å². The number of anilines is 1. The van der Waals surface area contributed by atoms with E-state index in [2.05, 4.69) is 5.32 Å². The first-order chi connectivity index (χ1) is 13.6. The summed E-state index contributed by atoms with van der Waals surface area (Å²) >= 11 is 0. The number of amides is 2. The van der Waals surface area contributed by atoms with Crippen LogP contribution in [0.25, 0.3) is 0 Å². The lowest BCUT2D eigenvalue weighted by Gasteiger charge is -2.31. The number of ketones is 1. The van der Waals surface area contributed by atoms with Gasteiger partial charge in [0, 0.05) is 41.7 Å². The highest BCUT2D eigenvalue weighted by molar-refractivity contribution is 6.09. The van der Waals surface area contributed by atoms with E-state index in [1.54, 1.807) is 36.4 Å². The summed E-state index contributed by atoms with van der Waals surface area (Å²) < 4.78 is 0. The van der Waals surface area contributed by atoms with Crippen LogP contribution in [0.2, 0.25) is 0 Å². The van der Waals surface area contributed by atoms with Crippen LogP contribution >= 0.6 is 0 Å². The topological polar surface area (TPSA) is 66.5 Å². The molecule has 0 radical (unpaired) electrons. The van der Waals surface area contributed by atoms with Crippen molar-refractivity contribution in [2.45, 2.75) is 25.7 Å². The Morgan fingerprint density at radius 3 is 2.14 bits per heavy atom. The minimum atomic E-state index is -0.100. The molecule has 4 rings (SSSR count). The molecule has 1 saturated carbocycles. The van der Waals surface area contributed by atoms with Gasteiger partial charge in [-0.1, -0.05) is 42.5 Å². The molecule has 1 heterocycles. The van der Waals surface area contributed by atoms with Gasteiger partial charge in [0.15, 0.2) is 5.78 Å². The van der Waals surface area contributed by atoms with Crippen LogP contribution in [-0.2, 0) is 9.59 Å². The van der Waals surface area contributed by atoms with E-state index in [1.807, 2.05) is 23.1 Å². The SMILES string of the molecule is O=C(c1ccccc1)c1cccc(NC(=O)C2CCN(C(=O)C3CC3)CC2)c1. The molecule has 28 heavy (non-hydrogen) atoms. The first kappa shape index (κ1) is 18.4. The third kappa shape index (κ3) is 4.14. The Kier molecular flexibility index (Phi) is 5.24. The Morgan fingerprint density at radius 1 is 0.786 bits per heavy atom. The second-order valence-corrected chi connectivity index (χ2v) is 7.64. The molecule has 2 fully saturated rings. The Hall–Kier alpha value is -2.95. The standard InChI is InChI=1S/C23H24N2O3/c26-21(16-5-2-1-3-6-16)19-7-4-8-20(15-19)24-22(27)17-11-13-25(14-12-17)23(28)18-9-10-18/h1-8,15,17-18H,9-14H2,(H,24,27). The van der Waals surface area contributed by atoms with Gasteiger partial charge >= 0.3 is 0 Å². The number of nitrogens with zero attached hydrogens (tertiary/aromatic N) is 1. The molecule has 2 aromatic rings. The first-order valence-electron chi connectivity index (χ1n) is 9.91. The van der Waals surface area contributed by atoms with E-state index in [4.69, 9.17) is 0 Å². The smallest absolute Gasteiger partial charge is 0.227 e. The maximum Gasteiger partial charge on any atom is 0.227 e. The molecule has 2 aromatic carbocycles. The van der Waals surface area contributed by atoms with E-state index in [0.717, 1.165) is 12.8 Å². The second kappa shape index (κ2) is 7.97. The molecule has 0 spiro atoms. The van der Waals surface area contributed by atoms with Crippen molar-refractivity contribution in [3.8, 4) is 0 Å². The van der Waals surface area contributed by atoms with Crippen molar-refractivity contribution >= 4 is 23.3 Å². The summed E-state index contributed by atoms with van der Waals surface area (Å²) in [6.07, 6.45) is 3.40. The summed E-state index contributed by atoms with van der Waals surface area (Å²) in [4.78, 5) is 39.3. The van der Waals surface area contributed by atoms with Crippen LogP contribution in [-0.4, -0.2) is 35.6 Å². The van der Waals surface area contributed by atoms with Crippen molar-refractivity contribution < 1.29 is 14.4 Å². The number of carbonyl (C=O) groups excluding carboxylic acids is 3. The lowest BCUT2D eigenvalue weighted by atomic mass is 9.95. The van der Waals surface area contributed by atoms with Crippen LogP contribution in [0.15, 0.2) is 54.6 Å². The van der Waals surface area contributed by atoms with Gasteiger partial charge in [0.2, 0.25) is 11.8 Å². The van der Waals surface area contributed by atoms with E-state index in [0.29, 0.717) is 42.7 Å². The molecule has 1 aliphatic carbocycles. The van der Waals surface area contributed by atoms with E-state index in [1.165, 1.54) is 0 Å². The Balaban J connectivity index is 1.36. The lowest BCUT2D eigenvalue weighted by Crippen LogP contribution is -2.42. The van der Waals surface area contributed by atoms with Crippen molar-refractivity contribution in [1.29, 1.82) is 0 Å². The summed E-state index contributed by atoms with van der Waals surface area (Å²) in [5.74, 6) is 0.282. The number of likely N-dealkylation sites (tertiary alicyclic amines) is 1. The molecule has 1 aliphatic heterocycles. The number of hydrogen-bond donors (Lipinski definition) is 1. The fraction of sp³-hybridized carbons (Fsp3) is 0.348.